The first-order valence-electron chi connectivity index (χ1n) is 7.07. The van der Waals surface area contributed by atoms with Crippen LogP contribution in [0.5, 0.6) is 0 Å². The predicted octanol–water partition coefficient (Wildman–Crippen LogP) is 4.53. The van der Waals surface area contributed by atoms with E-state index in [1.54, 1.807) is 6.07 Å². The minimum atomic E-state index is -4.40. The van der Waals surface area contributed by atoms with Crippen molar-refractivity contribution < 1.29 is 13.2 Å². The van der Waals surface area contributed by atoms with Gasteiger partial charge in [0, 0.05) is 17.9 Å². The van der Waals surface area contributed by atoms with Crippen molar-refractivity contribution in [2.24, 2.45) is 11.8 Å². The standard InChI is InChI=1S/C15H21F3N2/c1-10-3-2-4-11(7-10)9-20-12-5-6-14(19)13(8-12)15(16,17)18/h5-6,8,10-11,20H,2-4,7,9,19H2,1H3. The fraction of sp³-hybridized carbons (Fsp3) is 0.600. The van der Waals surface area contributed by atoms with Gasteiger partial charge in [0.05, 0.1) is 5.56 Å². The average Bonchev–Trinajstić information content (AvgIpc) is 2.36. The molecule has 0 aliphatic heterocycles. The van der Waals surface area contributed by atoms with Gasteiger partial charge in [-0.25, -0.2) is 0 Å². The third-order valence-electron chi connectivity index (χ3n) is 4.00. The SMILES string of the molecule is CC1CCCC(CNc2ccc(N)c(C(F)(F)F)c2)C1. The smallest absolute Gasteiger partial charge is 0.398 e. The molecule has 0 radical (unpaired) electrons. The van der Waals surface area contributed by atoms with Gasteiger partial charge in [-0.1, -0.05) is 19.8 Å². The second-order valence-electron chi connectivity index (χ2n) is 5.82. The van der Waals surface area contributed by atoms with Crippen molar-refractivity contribution in [3.05, 3.63) is 23.8 Å². The Bertz CT molecular complexity index is 457. The molecule has 0 amide bonds. The van der Waals surface area contributed by atoms with Gasteiger partial charge in [-0.3, -0.25) is 0 Å². The van der Waals surface area contributed by atoms with E-state index in [9.17, 15) is 13.2 Å². The second kappa shape index (κ2) is 5.94. The Labute approximate surface area is 117 Å². The number of alkyl halides is 3. The van der Waals surface area contributed by atoms with Gasteiger partial charge < -0.3 is 11.1 Å². The lowest BCUT2D eigenvalue weighted by atomic mass is 9.82. The molecule has 0 spiro atoms. The van der Waals surface area contributed by atoms with E-state index in [-0.39, 0.29) is 5.69 Å². The number of benzene rings is 1. The molecule has 1 aromatic carbocycles. The van der Waals surface area contributed by atoms with Crippen LogP contribution in [0.3, 0.4) is 0 Å². The van der Waals surface area contributed by atoms with E-state index < -0.39 is 11.7 Å². The molecule has 2 rings (SSSR count). The van der Waals surface area contributed by atoms with Crippen LogP contribution in [0, 0.1) is 11.8 Å². The van der Waals surface area contributed by atoms with Crippen LogP contribution in [-0.2, 0) is 6.18 Å². The lowest BCUT2D eigenvalue weighted by Gasteiger charge is -2.27. The maximum Gasteiger partial charge on any atom is 0.418 e. The van der Waals surface area contributed by atoms with E-state index in [1.165, 1.54) is 18.9 Å². The molecule has 1 aliphatic carbocycles. The number of nitrogens with two attached hydrogens (primary N) is 1. The van der Waals surface area contributed by atoms with Crippen molar-refractivity contribution in [2.75, 3.05) is 17.6 Å². The molecule has 3 N–H and O–H groups in total. The quantitative estimate of drug-likeness (QED) is 0.801. The molecule has 2 nitrogen and oxygen atoms in total. The van der Waals surface area contributed by atoms with Gasteiger partial charge in [0.25, 0.3) is 0 Å². The highest BCUT2D eigenvalue weighted by Gasteiger charge is 2.33. The monoisotopic (exact) mass is 286 g/mol. The molecule has 2 atom stereocenters. The Balaban J connectivity index is 1.99. The van der Waals surface area contributed by atoms with Gasteiger partial charge in [0.15, 0.2) is 0 Å². The largest absolute Gasteiger partial charge is 0.418 e. The fourth-order valence-corrected chi connectivity index (χ4v) is 2.92. The lowest BCUT2D eigenvalue weighted by molar-refractivity contribution is -0.136. The molecule has 0 aromatic heterocycles. The third-order valence-corrected chi connectivity index (χ3v) is 4.00. The van der Waals surface area contributed by atoms with E-state index in [4.69, 9.17) is 5.73 Å². The summed E-state index contributed by atoms with van der Waals surface area (Å²) in [5.74, 6) is 1.26. The Kier molecular flexibility index (Phi) is 4.45. The molecule has 1 fully saturated rings. The van der Waals surface area contributed by atoms with Gasteiger partial charge in [0.1, 0.15) is 0 Å². The van der Waals surface area contributed by atoms with Crippen molar-refractivity contribution in [2.45, 2.75) is 38.8 Å². The van der Waals surface area contributed by atoms with Crippen LogP contribution in [0.1, 0.15) is 38.2 Å². The molecule has 1 aromatic rings. The first-order chi connectivity index (χ1) is 9.36. The molecular weight excluding hydrogens is 265 g/mol. The molecule has 0 saturated heterocycles. The van der Waals surface area contributed by atoms with Crippen LogP contribution in [0.4, 0.5) is 24.5 Å². The highest BCUT2D eigenvalue weighted by Crippen LogP contribution is 2.35. The fourth-order valence-electron chi connectivity index (χ4n) is 2.92. The summed E-state index contributed by atoms with van der Waals surface area (Å²) in [6.45, 7) is 2.96. The van der Waals surface area contributed by atoms with Crippen LogP contribution >= 0.6 is 0 Å². The Hall–Kier alpha value is -1.39. The Morgan fingerprint density at radius 2 is 2.05 bits per heavy atom. The third kappa shape index (κ3) is 3.81. The number of nitrogens with one attached hydrogen (secondary N) is 1. The molecule has 2 unspecified atom stereocenters. The zero-order chi connectivity index (χ0) is 14.8. The summed E-state index contributed by atoms with van der Waals surface area (Å²) < 4.78 is 38.3. The summed E-state index contributed by atoms with van der Waals surface area (Å²) in [6, 6.07) is 4.02. The van der Waals surface area contributed by atoms with Crippen LogP contribution in [0.25, 0.3) is 0 Å². The van der Waals surface area contributed by atoms with E-state index in [0.29, 0.717) is 17.5 Å². The number of nitrogen functional groups attached to an aromatic ring is 1. The second-order valence-corrected chi connectivity index (χ2v) is 5.82. The summed E-state index contributed by atoms with van der Waals surface area (Å²) in [7, 11) is 0. The number of hydrogen-bond donors (Lipinski definition) is 2. The van der Waals surface area contributed by atoms with Crippen LogP contribution in [0.2, 0.25) is 0 Å². The maximum absolute atomic E-state index is 12.8. The van der Waals surface area contributed by atoms with Crippen LogP contribution in [0.15, 0.2) is 18.2 Å². The van der Waals surface area contributed by atoms with Crippen molar-refractivity contribution in [1.29, 1.82) is 0 Å². The summed E-state index contributed by atoms with van der Waals surface area (Å²) in [4.78, 5) is 0. The topological polar surface area (TPSA) is 38.0 Å². The highest BCUT2D eigenvalue weighted by atomic mass is 19.4. The molecule has 20 heavy (non-hydrogen) atoms. The molecule has 1 saturated carbocycles. The van der Waals surface area contributed by atoms with Gasteiger partial charge in [-0.15, -0.1) is 0 Å². The average molecular weight is 286 g/mol. The Morgan fingerprint density at radius 1 is 1.30 bits per heavy atom. The van der Waals surface area contributed by atoms with E-state index in [1.807, 2.05) is 0 Å². The number of rotatable bonds is 3. The minimum absolute atomic E-state index is 0.227. The first kappa shape index (κ1) is 15.0. The zero-order valence-corrected chi connectivity index (χ0v) is 11.6. The summed E-state index contributed by atoms with van der Waals surface area (Å²) in [5.41, 5.74) is 4.88. The molecular formula is C15H21F3N2. The Morgan fingerprint density at radius 3 is 2.70 bits per heavy atom. The van der Waals surface area contributed by atoms with Crippen molar-refractivity contribution in [3.63, 3.8) is 0 Å². The normalized spacial score (nSPS) is 23.6. The van der Waals surface area contributed by atoms with E-state index in [0.717, 1.165) is 25.5 Å². The van der Waals surface area contributed by atoms with Crippen molar-refractivity contribution in [1.82, 2.24) is 0 Å². The van der Waals surface area contributed by atoms with Gasteiger partial charge in [-0.05, 0) is 42.9 Å². The first-order valence-corrected chi connectivity index (χ1v) is 7.07. The zero-order valence-electron chi connectivity index (χ0n) is 11.6. The number of hydrogen-bond acceptors (Lipinski definition) is 2. The summed E-state index contributed by atoms with van der Waals surface area (Å²) >= 11 is 0. The molecule has 5 heteroatoms. The van der Waals surface area contributed by atoms with E-state index >= 15 is 0 Å². The van der Waals surface area contributed by atoms with Crippen molar-refractivity contribution >= 4 is 11.4 Å². The lowest BCUT2D eigenvalue weighted by Crippen LogP contribution is -2.21. The van der Waals surface area contributed by atoms with Crippen molar-refractivity contribution in [3.8, 4) is 0 Å². The number of anilines is 2. The molecule has 0 heterocycles. The van der Waals surface area contributed by atoms with Gasteiger partial charge >= 0.3 is 6.18 Å². The highest BCUT2D eigenvalue weighted by molar-refractivity contribution is 5.58. The molecule has 112 valence electrons. The minimum Gasteiger partial charge on any atom is -0.398 e. The van der Waals surface area contributed by atoms with Crippen LogP contribution in [-0.4, -0.2) is 6.54 Å². The predicted molar refractivity (Wildman–Crippen MR) is 75.5 cm³/mol. The van der Waals surface area contributed by atoms with Gasteiger partial charge in [0.2, 0.25) is 0 Å². The summed E-state index contributed by atoms with van der Waals surface area (Å²) in [6.07, 6.45) is 0.368. The molecule has 0 bridgehead atoms. The summed E-state index contributed by atoms with van der Waals surface area (Å²) in [5, 5.41) is 3.12. The maximum atomic E-state index is 12.8. The molecule has 1 aliphatic rings. The van der Waals surface area contributed by atoms with Gasteiger partial charge in [-0.2, -0.15) is 13.2 Å². The van der Waals surface area contributed by atoms with E-state index in [2.05, 4.69) is 12.2 Å². The van der Waals surface area contributed by atoms with Crippen LogP contribution < -0.4 is 11.1 Å². The number of halogens is 3.